The Hall–Kier alpha value is -3.09. The van der Waals surface area contributed by atoms with Gasteiger partial charge >= 0.3 is 0 Å². The highest BCUT2D eigenvalue weighted by Crippen LogP contribution is 2.32. The van der Waals surface area contributed by atoms with Crippen LogP contribution in [0.5, 0.6) is 0 Å². The van der Waals surface area contributed by atoms with E-state index in [1.54, 1.807) is 30.9 Å². The van der Waals surface area contributed by atoms with Crippen LogP contribution in [0.1, 0.15) is 24.7 Å². The Morgan fingerprint density at radius 1 is 1.12 bits per heavy atom. The highest BCUT2D eigenvalue weighted by molar-refractivity contribution is 5.57. The predicted molar refractivity (Wildman–Crippen MR) is 89.4 cm³/mol. The number of pyridine rings is 1. The number of hydrogen-bond donors (Lipinski definition) is 1. The minimum atomic E-state index is -0.160. The Balaban J connectivity index is 1.74. The number of aromatic amines is 1. The van der Waals surface area contributed by atoms with E-state index in [4.69, 9.17) is 0 Å². The average Bonchev–Trinajstić information content (AvgIpc) is 3.12. The minimum Gasteiger partial charge on any atom is -0.331 e. The maximum Gasteiger partial charge on any atom is 0.251 e. The molecule has 24 heavy (non-hydrogen) atoms. The molecule has 0 aliphatic carbocycles. The zero-order valence-corrected chi connectivity index (χ0v) is 13.0. The van der Waals surface area contributed by atoms with Gasteiger partial charge in [-0.15, -0.1) is 0 Å². The monoisotopic (exact) mass is 320 g/mol. The molecule has 1 N–H and O–H groups in total. The van der Waals surface area contributed by atoms with Crippen LogP contribution in [0.4, 0.5) is 5.95 Å². The summed E-state index contributed by atoms with van der Waals surface area (Å²) in [5.74, 6) is 1.32. The number of H-pyrrole nitrogens is 1. The quantitative estimate of drug-likeness (QED) is 0.794. The zero-order chi connectivity index (χ0) is 16.4. The zero-order valence-electron chi connectivity index (χ0n) is 13.0. The van der Waals surface area contributed by atoms with E-state index in [0.717, 1.165) is 24.9 Å². The van der Waals surface area contributed by atoms with Crippen molar-refractivity contribution in [3.63, 3.8) is 0 Å². The van der Waals surface area contributed by atoms with Crippen molar-refractivity contribution in [2.75, 3.05) is 11.4 Å². The van der Waals surface area contributed by atoms with Crippen molar-refractivity contribution in [2.45, 2.75) is 18.9 Å². The van der Waals surface area contributed by atoms with Gasteiger partial charge in [0, 0.05) is 43.0 Å². The first-order chi connectivity index (χ1) is 11.8. The lowest BCUT2D eigenvalue weighted by molar-refractivity contribution is 0.651. The van der Waals surface area contributed by atoms with Crippen LogP contribution in [0.2, 0.25) is 0 Å². The molecule has 7 heteroatoms. The Kier molecular flexibility index (Phi) is 3.74. The van der Waals surface area contributed by atoms with Gasteiger partial charge in [-0.25, -0.2) is 15.0 Å². The second kappa shape index (κ2) is 6.19. The number of nitrogens with one attached hydrogen (secondary N) is 1. The van der Waals surface area contributed by atoms with Gasteiger partial charge in [0.25, 0.3) is 5.56 Å². The van der Waals surface area contributed by atoms with Gasteiger partial charge < -0.3 is 9.88 Å². The molecule has 0 bridgehead atoms. The van der Waals surface area contributed by atoms with Gasteiger partial charge in [0.15, 0.2) is 0 Å². The third-order valence-electron chi connectivity index (χ3n) is 4.11. The van der Waals surface area contributed by atoms with Gasteiger partial charge in [0.1, 0.15) is 5.82 Å². The molecule has 0 unspecified atom stereocenters. The van der Waals surface area contributed by atoms with Crippen molar-refractivity contribution < 1.29 is 0 Å². The molecular weight excluding hydrogens is 304 g/mol. The molecule has 0 aromatic carbocycles. The first-order valence-electron chi connectivity index (χ1n) is 7.86. The van der Waals surface area contributed by atoms with E-state index in [2.05, 4.69) is 29.8 Å². The lowest BCUT2D eigenvalue weighted by Gasteiger charge is -2.23. The lowest BCUT2D eigenvalue weighted by Crippen LogP contribution is -2.27. The minimum absolute atomic E-state index is 0.0260. The molecule has 1 atom stereocenters. The molecule has 0 spiro atoms. The van der Waals surface area contributed by atoms with E-state index in [0.29, 0.717) is 17.5 Å². The fourth-order valence-electron chi connectivity index (χ4n) is 3.03. The number of anilines is 1. The molecule has 4 heterocycles. The third-order valence-corrected chi connectivity index (χ3v) is 4.11. The van der Waals surface area contributed by atoms with Crippen molar-refractivity contribution in [2.24, 2.45) is 0 Å². The van der Waals surface area contributed by atoms with E-state index in [1.807, 2.05) is 12.1 Å². The van der Waals surface area contributed by atoms with Crippen molar-refractivity contribution in [3.05, 3.63) is 65.2 Å². The summed E-state index contributed by atoms with van der Waals surface area (Å²) in [5.41, 5.74) is 1.36. The van der Waals surface area contributed by atoms with Crippen LogP contribution < -0.4 is 10.5 Å². The van der Waals surface area contributed by atoms with Crippen LogP contribution in [-0.4, -0.2) is 31.5 Å². The molecule has 3 aromatic rings. The molecule has 1 fully saturated rings. The van der Waals surface area contributed by atoms with Crippen LogP contribution in [0.3, 0.4) is 0 Å². The smallest absolute Gasteiger partial charge is 0.251 e. The molecule has 1 saturated heterocycles. The second-order valence-electron chi connectivity index (χ2n) is 5.65. The standard InChI is InChI=1S/C17H16N6O/c24-15-11-13(12-4-8-18-9-5-12)21-16(22-15)14-3-1-10-23(14)17-19-6-2-7-20-17/h2,4-9,11,14H,1,3,10H2,(H,21,22,24)/t14-/m1/s1. The van der Waals surface area contributed by atoms with Crippen LogP contribution in [0.25, 0.3) is 11.3 Å². The van der Waals surface area contributed by atoms with Crippen LogP contribution in [0, 0.1) is 0 Å². The Morgan fingerprint density at radius 3 is 2.71 bits per heavy atom. The summed E-state index contributed by atoms with van der Waals surface area (Å²) in [7, 11) is 0. The molecule has 4 rings (SSSR count). The molecule has 0 amide bonds. The molecule has 1 aliphatic rings. The van der Waals surface area contributed by atoms with Gasteiger partial charge in [0.05, 0.1) is 11.7 Å². The van der Waals surface area contributed by atoms with Crippen molar-refractivity contribution in [3.8, 4) is 11.3 Å². The highest BCUT2D eigenvalue weighted by atomic mass is 16.1. The van der Waals surface area contributed by atoms with Crippen molar-refractivity contribution >= 4 is 5.95 Å². The van der Waals surface area contributed by atoms with Gasteiger partial charge in [0.2, 0.25) is 5.95 Å². The van der Waals surface area contributed by atoms with Crippen LogP contribution >= 0.6 is 0 Å². The largest absolute Gasteiger partial charge is 0.331 e. The van der Waals surface area contributed by atoms with E-state index in [-0.39, 0.29) is 11.6 Å². The van der Waals surface area contributed by atoms with Gasteiger partial charge in [-0.05, 0) is 31.0 Å². The summed E-state index contributed by atoms with van der Waals surface area (Å²) in [4.78, 5) is 34.4. The summed E-state index contributed by atoms with van der Waals surface area (Å²) in [6.45, 7) is 0.845. The average molecular weight is 320 g/mol. The summed E-state index contributed by atoms with van der Waals surface area (Å²) < 4.78 is 0. The summed E-state index contributed by atoms with van der Waals surface area (Å²) in [5, 5.41) is 0. The van der Waals surface area contributed by atoms with Gasteiger partial charge in [-0.3, -0.25) is 9.78 Å². The second-order valence-corrected chi connectivity index (χ2v) is 5.65. The van der Waals surface area contributed by atoms with E-state index in [1.165, 1.54) is 6.07 Å². The summed E-state index contributed by atoms with van der Waals surface area (Å²) >= 11 is 0. The Morgan fingerprint density at radius 2 is 1.92 bits per heavy atom. The Bertz CT molecular complexity index is 880. The molecule has 3 aromatic heterocycles. The molecule has 1 aliphatic heterocycles. The van der Waals surface area contributed by atoms with Crippen molar-refractivity contribution in [1.82, 2.24) is 24.9 Å². The molecule has 0 saturated carbocycles. The lowest BCUT2D eigenvalue weighted by atomic mass is 10.1. The van der Waals surface area contributed by atoms with Crippen LogP contribution in [-0.2, 0) is 0 Å². The SMILES string of the molecule is O=c1cc(-c2ccncc2)nc([C@H]2CCCN2c2ncccn2)[nH]1. The number of hydrogen-bond acceptors (Lipinski definition) is 6. The maximum absolute atomic E-state index is 12.1. The summed E-state index contributed by atoms with van der Waals surface area (Å²) in [6, 6.07) is 6.97. The molecule has 7 nitrogen and oxygen atoms in total. The molecule has 120 valence electrons. The fourth-order valence-corrected chi connectivity index (χ4v) is 3.03. The fraction of sp³-hybridized carbons (Fsp3) is 0.235. The topological polar surface area (TPSA) is 87.7 Å². The highest BCUT2D eigenvalue weighted by Gasteiger charge is 2.30. The van der Waals surface area contributed by atoms with E-state index in [9.17, 15) is 4.79 Å². The van der Waals surface area contributed by atoms with Crippen molar-refractivity contribution in [1.29, 1.82) is 0 Å². The maximum atomic E-state index is 12.1. The van der Waals surface area contributed by atoms with E-state index < -0.39 is 0 Å². The van der Waals surface area contributed by atoms with Gasteiger partial charge in [-0.1, -0.05) is 0 Å². The molecular formula is C17H16N6O. The first kappa shape index (κ1) is 14.5. The number of rotatable bonds is 3. The number of aromatic nitrogens is 5. The molecule has 0 radical (unpaired) electrons. The predicted octanol–water partition coefficient (Wildman–Crippen LogP) is 1.96. The van der Waals surface area contributed by atoms with E-state index >= 15 is 0 Å². The Labute approximate surface area is 138 Å². The number of nitrogens with zero attached hydrogens (tertiary/aromatic N) is 5. The normalized spacial score (nSPS) is 17.2. The van der Waals surface area contributed by atoms with Gasteiger partial charge in [-0.2, -0.15) is 0 Å². The summed E-state index contributed by atoms with van der Waals surface area (Å²) in [6.07, 6.45) is 8.74. The third kappa shape index (κ3) is 2.76. The first-order valence-corrected chi connectivity index (χ1v) is 7.86. The van der Waals surface area contributed by atoms with Crippen LogP contribution in [0.15, 0.2) is 53.8 Å².